The van der Waals surface area contributed by atoms with Gasteiger partial charge in [0, 0.05) is 36.8 Å². The largest absolute Gasteiger partial charge is 0.349 e. The molecule has 2 N–H and O–H groups in total. The van der Waals surface area contributed by atoms with Crippen molar-refractivity contribution in [2.45, 2.75) is 37.9 Å². The van der Waals surface area contributed by atoms with Crippen molar-refractivity contribution in [1.29, 1.82) is 0 Å². The fourth-order valence-corrected chi connectivity index (χ4v) is 3.81. The van der Waals surface area contributed by atoms with Crippen molar-refractivity contribution >= 4 is 22.6 Å². The molecular weight excluding hydrogens is 370 g/mol. The summed E-state index contributed by atoms with van der Waals surface area (Å²) >= 11 is 0. The Morgan fingerprint density at radius 3 is 2.83 bits per heavy atom. The zero-order valence-corrected chi connectivity index (χ0v) is 16.3. The average molecular weight is 393 g/mol. The van der Waals surface area contributed by atoms with E-state index in [1.165, 1.54) is 4.57 Å². The number of fused-ring (bicyclic) bond motifs is 1. The van der Waals surface area contributed by atoms with E-state index in [2.05, 4.69) is 15.7 Å². The van der Waals surface area contributed by atoms with Gasteiger partial charge in [-0.25, -0.2) is 0 Å². The number of nitrogens with one attached hydrogen (secondary N) is 2. The lowest BCUT2D eigenvalue weighted by molar-refractivity contribution is -0.128. The third kappa shape index (κ3) is 3.65. The van der Waals surface area contributed by atoms with Crippen LogP contribution in [0.1, 0.15) is 37.4 Å². The van der Waals surface area contributed by atoms with Crippen LogP contribution in [0.15, 0.2) is 53.7 Å². The minimum Gasteiger partial charge on any atom is -0.349 e. The monoisotopic (exact) mass is 393 g/mol. The van der Waals surface area contributed by atoms with Crippen molar-refractivity contribution in [3.05, 3.63) is 64.8 Å². The molecule has 3 atom stereocenters. The van der Waals surface area contributed by atoms with E-state index < -0.39 is 6.04 Å². The molecule has 1 aliphatic heterocycles. The van der Waals surface area contributed by atoms with Crippen LogP contribution in [0, 0.1) is 0 Å². The lowest BCUT2D eigenvalue weighted by atomic mass is 9.93. The molecule has 0 saturated carbocycles. The Kier molecular flexibility index (Phi) is 4.92. The number of carbonyl (C=O) groups is 2. The summed E-state index contributed by atoms with van der Waals surface area (Å²) in [5.41, 5.74) is 0.632. The minimum atomic E-state index is -0.681. The molecule has 4 rings (SSSR count). The summed E-state index contributed by atoms with van der Waals surface area (Å²) in [7, 11) is 1.80. The molecule has 150 valence electrons. The van der Waals surface area contributed by atoms with Gasteiger partial charge in [-0.05, 0) is 30.9 Å². The Labute approximate surface area is 167 Å². The van der Waals surface area contributed by atoms with Crippen molar-refractivity contribution < 1.29 is 9.59 Å². The molecule has 0 spiro atoms. The minimum absolute atomic E-state index is 0.0526. The normalized spacial score (nSPS) is 20.3. The maximum atomic E-state index is 13.0. The molecule has 2 amide bonds. The van der Waals surface area contributed by atoms with Crippen molar-refractivity contribution in [3.8, 4) is 0 Å². The van der Waals surface area contributed by atoms with Crippen LogP contribution < -0.4 is 16.2 Å². The summed E-state index contributed by atoms with van der Waals surface area (Å²) in [5, 5.41) is 11.5. The van der Waals surface area contributed by atoms with E-state index in [0.717, 1.165) is 10.9 Å². The maximum Gasteiger partial charge on any atom is 0.259 e. The van der Waals surface area contributed by atoms with Gasteiger partial charge < -0.3 is 15.2 Å². The zero-order valence-electron chi connectivity index (χ0n) is 16.3. The molecule has 1 saturated heterocycles. The third-order valence-electron chi connectivity index (χ3n) is 5.45. The van der Waals surface area contributed by atoms with Crippen molar-refractivity contribution in [1.82, 2.24) is 25.0 Å². The molecule has 8 heteroatoms. The molecule has 1 unspecified atom stereocenters. The molecule has 29 heavy (non-hydrogen) atoms. The van der Waals surface area contributed by atoms with E-state index in [1.807, 2.05) is 30.5 Å². The first-order valence-electron chi connectivity index (χ1n) is 9.62. The summed E-state index contributed by atoms with van der Waals surface area (Å²) in [6.07, 6.45) is 6.03. The molecule has 1 aliphatic rings. The van der Waals surface area contributed by atoms with Gasteiger partial charge in [0.15, 0.2) is 0 Å². The molecule has 2 aromatic heterocycles. The van der Waals surface area contributed by atoms with Crippen LogP contribution in [-0.2, 0) is 16.6 Å². The van der Waals surface area contributed by atoms with Gasteiger partial charge in [0.2, 0.25) is 11.8 Å². The van der Waals surface area contributed by atoms with Crippen LogP contribution in [0.4, 0.5) is 0 Å². The van der Waals surface area contributed by atoms with Gasteiger partial charge in [0.1, 0.15) is 6.04 Å². The maximum absolute atomic E-state index is 13.0. The Morgan fingerprint density at radius 1 is 1.28 bits per heavy atom. The topological polar surface area (TPSA) is 98.0 Å². The molecule has 1 aromatic carbocycles. The molecule has 3 aromatic rings. The highest BCUT2D eigenvalue weighted by molar-refractivity contribution is 5.84. The smallest absolute Gasteiger partial charge is 0.259 e. The number of aromatic nitrogens is 3. The van der Waals surface area contributed by atoms with Crippen LogP contribution in [0.3, 0.4) is 0 Å². The molecule has 8 nitrogen and oxygen atoms in total. The molecule has 0 radical (unpaired) electrons. The highest BCUT2D eigenvalue weighted by Gasteiger charge is 2.33. The van der Waals surface area contributed by atoms with E-state index in [0.29, 0.717) is 18.2 Å². The van der Waals surface area contributed by atoms with Crippen LogP contribution in [0.5, 0.6) is 0 Å². The highest BCUT2D eigenvalue weighted by atomic mass is 16.2. The molecule has 3 heterocycles. The fraction of sp³-hybridized carbons (Fsp3) is 0.333. The number of rotatable bonds is 4. The summed E-state index contributed by atoms with van der Waals surface area (Å²) in [6.45, 7) is 1.70. The second-order valence-electron chi connectivity index (χ2n) is 7.44. The van der Waals surface area contributed by atoms with E-state index in [1.54, 1.807) is 37.1 Å². The lowest BCUT2D eigenvalue weighted by Gasteiger charge is -2.33. The predicted molar refractivity (Wildman–Crippen MR) is 108 cm³/mol. The van der Waals surface area contributed by atoms with E-state index in [9.17, 15) is 14.4 Å². The number of carbonyl (C=O) groups excluding carboxylic acids is 2. The van der Waals surface area contributed by atoms with Gasteiger partial charge in [-0.2, -0.15) is 5.10 Å². The van der Waals surface area contributed by atoms with E-state index in [-0.39, 0.29) is 29.5 Å². The summed E-state index contributed by atoms with van der Waals surface area (Å²) < 4.78 is 3.10. The van der Waals surface area contributed by atoms with E-state index in [4.69, 9.17) is 0 Å². The van der Waals surface area contributed by atoms with Crippen molar-refractivity contribution in [2.75, 3.05) is 0 Å². The highest BCUT2D eigenvalue weighted by Crippen LogP contribution is 2.24. The third-order valence-corrected chi connectivity index (χ3v) is 5.45. The number of hydrogen-bond donors (Lipinski definition) is 2. The van der Waals surface area contributed by atoms with Crippen LogP contribution in [0.2, 0.25) is 0 Å². The van der Waals surface area contributed by atoms with Gasteiger partial charge in [0.05, 0.1) is 18.3 Å². The van der Waals surface area contributed by atoms with Gasteiger partial charge in [0.25, 0.3) is 5.56 Å². The van der Waals surface area contributed by atoms with Gasteiger partial charge in [-0.15, -0.1) is 0 Å². The first-order chi connectivity index (χ1) is 13.9. The lowest BCUT2D eigenvalue weighted by Crippen LogP contribution is -2.51. The van der Waals surface area contributed by atoms with Crippen LogP contribution in [-0.4, -0.2) is 32.2 Å². The first-order valence-corrected chi connectivity index (χ1v) is 9.62. The second kappa shape index (κ2) is 7.54. The number of nitrogens with zero attached hydrogens (tertiary/aromatic N) is 3. The Bertz CT molecular complexity index is 1130. The number of benzene rings is 1. The summed E-state index contributed by atoms with van der Waals surface area (Å²) in [4.78, 5) is 37.7. The fourth-order valence-electron chi connectivity index (χ4n) is 3.81. The number of hydrogen-bond acceptors (Lipinski definition) is 4. The first kappa shape index (κ1) is 18.9. The second-order valence-corrected chi connectivity index (χ2v) is 7.44. The number of pyridine rings is 1. The number of aryl methyl sites for hydroxylation is 1. The number of piperidine rings is 1. The Hall–Kier alpha value is -3.42. The molecule has 1 fully saturated rings. The van der Waals surface area contributed by atoms with Crippen molar-refractivity contribution in [3.63, 3.8) is 0 Å². The quantitative estimate of drug-likeness (QED) is 0.701. The molecule has 0 bridgehead atoms. The Morgan fingerprint density at radius 2 is 2.07 bits per heavy atom. The summed E-state index contributed by atoms with van der Waals surface area (Å²) in [6, 6.07) is 7.83. The average Bonchev–Trinajstić information content (AvgIpc) is 3.15. The SMILES string of the molecule is CC(C(=O)N[C@@H]1CCC(=O)N[C@H]1c1cnn(C)c1)n1ccc2ccccc2c1=O. The van der Waals surface area contributed by atoms with Gasteiger partial charge in [-0.1, -0.05) is 18.2 Å². The zero-order chi connectivity index (χ0) is 20.5. The molecule has 0 aliphatic carbocycles. The van der Waals surface area contributed by atoms with Gasteiger partial charge in [-0.3, -0.25) is 19.1 Å². The van der Waals surface area contributed by atoms with Gasteiger partial charge >= 0.3 is 0 Å². The number of amides is 2. The Balaban J connectivity index is 1.57. The van der Waals surface area contributed by atoms with E-state index >= 15 is 0 Å². The predicted octanol–water partition coefficient (Wildman–Crippen LogP) is 1.43. The standard InChI is InChI=1S/C21H23N5O3/c1-13(26-10-9-14-5-3-4-6-16(14)21(26)29)20(28)23-17-7-8-18(27)24-19(17)15-11-22-25(2)12-15/h3-6,9-13,17,19H,7-8H2,1-2H3,(H,23,28)(H,24,27)/t13?,17-,19+/m1/s1. The molecular formula is C21H23N5O3. The van der Waals surface area contributed by atoms with Crippen LogP contribution in [0.25, 0.3) is 10.8 Å². The summed E-state index contributed by atoms with van der Waals surface area (Å²) in [5.74, 6) is -0.319. The van der Waals surface area contributed by atoms with Crippen LogP contribution >= 0.6 is 0 Å². The van der Waals surface area contributed by atoms with Crippen molar-refractivity contribution in [2.24, 2.45) is 7.05 Å².